The Labute approximate surface area is 124 Å². The molecule has 0 aliphatic heterocycles. The van der Waals surface area contributed by atoms with E-state index in [4.69, 9.17) is 12.2 Å². The Morgan fingerprint density at radius 3 is 2.82 bits per heavy atom. The zero-order valence-electron chi connectivity index (χ0n) is 11.2. The van der Waals surface area contributed by atoms with Crippen molar-refractivity contribution in [3.05, 3.63) is 58.9 Å². The van der Waals surface area contributed by atoms with E-state index in [1.807, 2.05) is 0 Å². The van der Waals surface area contributed by atoms with Crippen molar-refractivity contribution in [1.82, 2.24) is 9.97 Å². The Kier molecular flexibility index (Phi) is 3.11. The topological polar surface area (TPSA) is 71.8 Å². The summed E-state index contributed by atoms with van der Waals surface area (Å²) in [7, 11) is 0. The van der Waals surface area contributed by atoms with E-state index in [1.165, 1.54) is 12.4 Å². The third-order valence-corrected chi connectivity index (χ3v) is 3.32. The number of carbonyl (C=O) groups is 1. The van der Waals surface area contributed by atoms with Crippen LogP contribution in [-0.4, -0.2) is 15.8 Å². The van der Waals surface area contributed by atoms with E-state index in [2.05, 4.69) is 15.9 Å². The van der Waals surface area contributed by atoms with Gasteiger partial charge in [0.25, 0.3) is 0 Å². The molecule has 0 bridgehead atoms. The molecule has 0 aliphatic carbocycles. The van der Waals surface area contributed by atoms with E-state index in [9.17, 15) is 13.6 Å². The summed E-state index contributed by atoms with van der Waals surface area (Å²) in [6.45, 7) is 0. The molecule has 0 spiro atoms. The highest BCUT2D eigenvalue weighted by atomic mass is 19.1. The van der Waals surface area contributed by atoms with Crippen molar-refractivity contribution in [2.45, 2.75) is 0 Å². The molecule has 3 rings (SSSR count). The fourth-order valence-electron chi connectivity index (χ4n) is 2.27. The lowest BCUT2D eigenvalue weighted by molar-refractivity contribution is 0.103. The van der Waals surface area contributed by atoms with Gasteiger partial charge in [0.1, 0.15) is 11.5 Å². The summed E-state index contributed by atoms with van der Waals surface area (Å²) in [6, 6.07) is 3.55. The third kappa shape index (κ3) is 1.91. The largest absolute Gasteiger partial charge is 0.396 e. The molecule has 0 amide bonds. The Morgan fingerprint density at radius 2 is 2.09 bits per heavy atom. The number of aromatic nitrogens is 2. The van der Waals surface area contributed by atoms with Crippen LogP contribution in [0, 0.1) is 24.0 Å². The molecule has 0 unspecified atom stereocenters. The van der Waals surface area contributed by atoms with E-state index >= 15 is 0 Å². The Bertz CT molecular complexity index is 954. The number of ketones is 1. The standard InChI is InChI=1S/C16H9F2N3O/c1-2-8-5-6-20-16-12(8)9(7-21-16)15(22)13-10(17)3-4-11(19)14(13)18/h1,3-7H,19H2,(H,20,21). The van der Waals surface area contributed by atoms with Gasteiger partial charge >= 0.3 is 0 Å². The number of nitrogens with zero attached hydrogens (tertiary/aromatic N) is 1. The van der Waals surface area contributed by atoms with Crippen molar-refractivity contribution in [3.63, 3.8) is 0 Å². The number of halogens is 2. The molecule has 3 N–H and O–H groups in total. The van der Waals surface area contributed by atoms with Crippen LogP contribution in [0.4, 0.5) is 14.5 Å². The van der Waals surface area contributed by atoms with Crippen molar-refractivity contribution in [1.29, 1.82) is 0 Å². The number of fused-ring (bicyclic) bond motifs is 1. The van der Waals surface area contributed by atoms with Crippen LogP contribution >= 0.6 is 0 Å². The average Bonchev–Trinajstić information content (AvgIpc) is 2.95. The summed E-state index contributed by atoms with van der Waals surface area (Å²) >= 11 is 0. The Balaban J connectivity index is 2.28. The summed E-state index contributed by atoms with van der Waals surface area (Å²) in [4.78, 5) is 19.3. The number of nitrogens with one attached hydrogen (secondary N) is 1. The average molecular weight is 297 g/mol. The zero-order chi connectivity index (χ0) is 15.9. The van der Waals surface area contributed by atoms with Crippen LogP contribution in [0.25, 0.3) is 11.0 Å². The van der Waals surface area contributed by atoms with Gasteiger partial charge in [-0.3, -0.25) is 4.79 Å². The molecule has 0 saturated heterocycles. The van der Waals surface area contributed by atoms with E-state index in [0.717, 1.165) is 12.1 Å². The summed E-state index contributed by atoms with van der Waals surface area (Å²) in [5.74, 6) is -0.511. The fraction of sp³-hybridized carbons (Fsp3) is 0. The first-order valence-electron chi connectivity index (χ1n) is 6.25. The van der Waals surface area contributed by atoms with Crippen molar-refractivity contribution in [2.75, 3.05) is 5.73 Å². The monoisotopic (exact) mass is 297 g/mol. The fourth-order valence-corrected chi connectivity index (χ4v) is 2.27. The molecule has 3 aromatic rings. The summed E-state index contributed by atoms with van der Waals surface area (Å²) < 4.78 is 27.9. The number of rotatable bonds is 2. The van der Waals surface area contributed by atoms with E-state index < -0.39 is 23.0 Å². The zero-order valence-corrected chi connectivity index (χ0v) is 11.2. The third-order valence-electron chi connectivity index (χ3n) is 3.32. The first-order valence-corrected chi connectivity index (χ1v) is 6.25. The Hall–Kier alpha value is -3.20. The minimum atomic E-state index is -1.09. The Morgan fingerprint density at radius 1 is 1.32 bits per heavy atom. The van der Waals surface area contributed by atoms with Crippen molar-refractivity contribution >= 4 is 22.5 Å². The molecule has 0 radical (unpaired) electrons. The quantitative estimate of drug-likeness (QED) is 0.434. The van der Waals surface area contributed by atoms with Gasteiger partial charge < -0.3 is 10.7 Å². The van der Waals surface area contributed by atoms with Crippen LogP contribution in [-0.2, 0) is 0 Å². The van der Waals surface area contributed by atoms with Crippen LogP contribution < -0.4 is 5.73 Å². The second kappa shape index (κ2) is 4.97. The normalized spacial score (nSPS) is 10.6. The maximum atomic E-state index is 14.0. The van der Waals surface area contributed by atoms with Gasteiger partial charge in [-0.25, -0.2) is 13.8 Å². The van der Waals surface area contributed by atoms with Crippen molar-refractivity contribution in [2.24, 2.45) is 0 Å². The molecule has 22 heavy (non-hydrogen) atoms. The van der Waals surface area contributed by atoms with E-state index in [0.29, 0.717) is 16.6 Å². The first-order chi connectivity index (χ1) is 10.5. The number of carbonyl (C=O) groups excluding carboxylic acids is 1. The molecule has 0 fully saturated rings. The van der Waals surface area contributed by atoms with Gasteiger partial charge in [0.05, 0.1) is 16.8 Å². The number of pyridine rings is 1. The number of aromatic amines is 1. The smallest absolute Gasteiger partial charge is 0.201 e. The summed E-state index contributed by atoms with van der Waals surface area (Å²) in [6.07, 6.45) is 8.19. The number of H-pyrrole nitrogens is 1. The number of hydrogen-bond acceptors (Lipinski definition) is 3. The second-order valence-electron chi connectivity index (χ2n) is 4.58. The summed E-state index contributed by atoms with van der Waals surface area (Å²) in [5, 5.41) is 0.344. The van der Waals surface area contributed by atoms with Crippen molar-refractivity contribution in [3.8, 4) is 12.3 Å². The van der Waals surface area contributed by atoms with Gasteiger partial charge in [-0.2, -0.15) is 0 Å². The van der Waals surface area contributed by atoms with Crippen LogP contribution in [0.15, 0.2) is 30.6 Å². The predicted octanol–water partition coefficient (Wildman–Crippen LogP) is 2.64. The molecule has 108 valence electrons. The molecule has 6 heteroatoms. The highest BCUT2D eigenvalue weighted by Gasteiger charge is 2.24. The number of hydrogen-bond donors (Lipinski definition) is 2. The lowest BCUT2D eigenvalue weighted by Crippen LogP contribution is -2.09. The highest BCUT2D eigenvalue weighted by molar-refractivity contribution is 6.17. The van der Waals surface area contributed by atoms with Crippen LogP contribution in [0.3, 0.4) is 0 Å². The second-order valence-corrected chi connectivity index (χ2v) is 4.58. The van der Waals surface area contributed by atoms with E-state index in [1.54, 1.807) is 6.07 Å². The molecule has 0 atom stereocenters. The number of nitrogen functional groups attached to an aromatic ring is 1. The van der Waals surface area contributed by atoms with Gasteiger partial charge in [0, 0.05) is 23.3 Å². The van der Waals surface area contributed by atoms with Gasteiger partial charge in [-0.15, -0.1) is 6.42 Å². The number of terminal acetylenes is 1. The van der Waals surface area contributed by atoms with Crippen LogP contribution in [0.5, 0.6) is 0 Å². The lowest BCUT2D eigenvalue weighted by atomic mass is 9.99. The molecule has 4 nitrogen and oxygen atoms in total. The van der Waals surface area contributed by atoms with Gasteiger partial charge in [0.15, 0.2) is 5.82 Å². The molecular weight excluding hydrogens is 288 g/mol. The maximum Gasteiger partial charge on any atom is 0.201 e. The van der Waals surface area contributed by atoms with Gasteiger partial charge in [0.2, 0.25) is 5.78 Å². The molecule has 2 aromatic heterocycles. The van der Waals surface area contributed by atoms with Gasteiger partial charge in [-0.05, 0) is 18.2 Å². The van der Waals surface area contributed by atoms with Gasteiger partial charge in [-0.1, -0.05) is 5.92 Å². The maximum absolute atomic E-state index is 14.0. The summed E-state index contributed by atoms with van der Waals surface area (Å²) in [5.41, 5.74) is 5.19. The molecular formula is C16H9F2N3O. The van der Waals surface area contributed by atoms with Crippen LogP contribution in [0.2, 0.25) is 0 Å². The number of benzene rings is 1. The highest BCUT2D eigenvalue weighted by Crippen LogP contribution is 2.27. The SMILES string of the molecule is C#Cc1ccnc2[nH]cc(C(=O)c3c(F)ccc(N)c3F)c12. The van der Waals surface area contributed by atoms with Crippen molar-refractivity contribution < 1.29 is 13.6 Å². The minimum Gasteiger partial charge on any atom is -0.396 e. The molecule has 2 heterocycles. The molecule has 0 saturated carbocycles. The number of anilines is 1. The van der Waals surface area contributed by atoms with E-state index in [-0.39, 0.29) is 11.3 Å². The minimum absolute atomic E-state index is 0.0412. The first kappa shape index (κ1) is 13.8. The molecule has 1 aromatic carbocycles. The lowest BCUT2D eigenvalue weighted by Gasteiger charge is -2.06. The number of nitrogens with two attached hydrogens (primary N) is 1. The van der Waals surface area contributed by atoms with Crippen LogP contribution in [0.1, 0.15) is 21.5 Å². The molecule has 0 aliphatic rings. The predicted molar refractivity (Wildman–Crippen MR) is 78.2 cm³/mol.